The number of benzene rings is 2. The molecule has 0 saturated heterocycles. The second kappa shape index (κ2) is 5.64. The highest BCUT2D eigenvalue weighted by Gasteiger charge is 2.03. The fourth-order valence-electron chi connectivity index (χ4n) is 1.64. The minimum atomic E-state index is 0.487. The summed E-state index contributed by atoms with van der Waals surface area (Å²) in [6, 6.07) is 11.5. The second-order valence-corrected chi connectivity index (χ2v) is 5.13. The standard InChI is InChI=1S/C15H14Cl2O/c1-10-3-4-12(7-11(10)2)9-18-15-8-13(16)5-6-14(15)17/h3-8H,9H2,1-2H3. The lowest BCUT2D eigenvalue weighted by Crippen LogP contribution is -1.97. The second-order valence-electron chi connectivity index (χ2n) is 4.28. The zero-order chi connectivity index (χ0) is 13.1. The molecule has 0 atom stereocenters. The molecule has 2 aromatic rings. The number of halogens is 2. The molecule has 0 saturated carbocycles. The van der Waals surface area contributed by atoms with Crippen LogP contribution in [0.5, 0.6) is 5.75 Å². The van der Waals surface area contributed by atoms with E-state index in [-0.39, 0.29) is 0 Å². The Bertz CT molecular complexity index is 564. The van der Waals surface area contributed by atoms with E-state index in [1.807, 2.05) is 0 Å². The van der Waals surface area contributed by atoms with Gasteiger partial charge >= 0.3 is 0 Å². The third-order valence-corrected chi connectivity index (χ3v) is 3.41. The van der Waals surface area contributed by atoms with Crippen molar-refractivity contribution >= 4 is 23.2 Å². The molecule has 0 radical (unpaired) electrons. The van der Waals surface area contributed by atoms with Crippen LogP contribution in [0.1, 0.15) is 16.7 Å². The molecule has 0 aliphatic rings. The molecular weight excluding hydrogens is 267 g/mol. The van der Waals surface area contributed by atoms with E-state index < -0.39 is 0 Å². The van der Waals surface area contributed by atoms with E-state index >= 15 is 0 Å². The van der Waals surface area contributed by atoms with Crippen LogP contribution in [-0.4, -0.2) is 0 Å². The molecule has 0 aliphatic carbocycles. The Kier molecular flexibility index (Phi) is 4.15. The zero-order valence-electron chi connectivity index (χ0n) is 10.3. The third kappa shape index (κ3) is 3.18. The zero-order valence-corrected chi connectivity index (χ0v) is 11.8. The number of ether oxygens (including phenoxy) is 1. The largest absolute Gasteiger partial charge is 0.487 e. The van der Waals surface area contributed by atoms with Crippen molar-refractivity contribution in [2.75, 3.05) is 0 Å². The van der Waals surface area contributed by atoms with Gasteiger partial charge in [-0.2, -0.15) is 0 Å². The number of hydrogen-bond acceptors (Lipinski definition) is 1. The summed E-state index contributed by atoms with van der Waals surface area (Å²) in [5, 5.41) is 1.19. The van der Waals surface area contributed by atoms with Crippen molar-refractivity contribution in [3.63, 3.8) is 0 Å². The van der Waals surface area contributed by atoms with E-state index in [2.05, 4.69) is 32.0 Å². The first-order valence-electron chi connectivity index (χ1n) is 5.70. The minimum Gasteiger partial charge on any atom is -0.487 e. The maximum Gasteiger partial charge on any atom is 0.139 e. The molecule has 0 spiro atoms. The van der Waals surface area contributed by atoms with Gasteiger partial charge in [-0.05, 0) is 42.7 Å². The molecule has 0 heterocycles. The summed E-state index contributed by atoms with van der Waals surface area (Å²) in [6.07, 6.45) is 0. The predicted molar refractivity (Wildman–Crippen MR) is 76.7 cm³/mol. The summed E-state index contributed by atoms with van der Waals surface area (Å²) in [5.41, 5.74) is 3.65. The predicted octanol–water partition coefficient (Wildman–Crippen LogP) is 5.19. The number of hydrogen-bond donors (Lipinski definition) is 0. The Morgan fingerprint density at radius 1 is 0.944 bits per heavy atom. The third-order valence-electron chi connectivity index (χ3n) is 2.86. The van der Waals surface area contributed by atoms with Gasteiger partial charge in [-0.25, -0.2) is 0 Å². The van der Waals surface area contributed by atoms with Crippen LogP contribution in [0.25, 0.3) is 0 Å². The van der Waals surface area contributed by atoms with Gasteiger partial charge in [0.2, 0.25) is 0 Å². The van der Waals surface area contributed by atoms with Crippen molar-refractivity contribution in [3.05, 3.63) is 63.1 Å². The lowest BCUT2D eigenvalue weighted by molar-refractivity contribution is 0.306. The minimum absolute atomic E-state index is 0.487. The van der Waals surface area contributed by atoms with Crippen LogP contribution in [0.4, 0.5) is 0 Å². The SMILES string of the molecule is Cc1ccc(COc2cc(Cl)ccc2Cl)cc1C. The molecule has 1 nitrogen and oxygen atoms in total. The maximum absolute atomic E-state index is 6.04. The van der Waals surface area contributed by atoms with Gasteiger partial charge in [0, 0.05) is 11.1 Å². The van der Waals surface area contributed by atoms with E-state index in [0.717, 1.165) is 5.56 Å². The first-order chi connectivity index (χ1) is 8.56. The Morgan fingerprint density at radius 2 is 1.72 bits per heavy atom. The van der Waals surface area contributed by atoms with Crippen molar-refractivity contribution in [1.29, 1.82) is 0 Å². The van der Waals surface area contributed by atoms with E-state index in [1.165, 1.54) is 11.1 Å². The molecule has 94 valence electrons. The first-order valence-corrected chi connectivity index (χ1v) is 6.46. The molecule has 2 rings (SSSR count). The van der Waals surface area contributed by atoms with E-state index in [4.69, 9.17) is 27.9 Å². The normalized spacial score (nSPS) is 10.4. The van der Waals surface area contributed by atoms with Gasteiger partial charge in [0.25, 0.3) is 0 Å². The van der Waals surface area contributed by atoms with E-state index in [0.29, 0.717) is 22.4 Å². The van der Waals surface area contributed by atoms with Crippen LogP contribution in [0, 0.1) is 13.8 Å². The molecule has 0 N–H and O–H groups in total. The highest BCUT2D eigenvalue weighted by atomic mass is 35.5. The van der Waals surface area contributed by atoms with Gasteiger partial charge in [-0.3, -0.25) is 0 Å². The summed E-state index contributed by atoms with van der Waals surface area (Å²) >= 11 is 11.9. The molecule has 0 fully saturated rings. The topological polar surface area (TPSA) is 9.23 Å². The molecule has 0 bridgehead atoms. The monoisotopic (exact) mass is 280 g/mol. The lowest BCUT2D eigenvalue weighted by atomic mass is 10.1. The number of aryl methyl sites for hydroxylation is 2. The molecule has 0 amide bonds. The van der Waals surface area contributed by atoms with Gasteiger partial charge in [-0.1, -0.05) is 41.4 Å². The van der Waals surface area contributed by atoms with Crippen LogP contribution in [0.3, 0.4) is 0 Å². The van der Waals surface area contributed by atoms with Gasteiger partial charge in [-0.15, -0.1) is 0 Å². The summed E-state index contributed by atoms with van der Waals surface area (Å²) in [6.45, 7) is 4.67. The van der Waals surface area contributed by atoms with Gasteiger partial charge in [0.1, 0.15) is 12.4 Å². The van der Waals surface area contributed by atoms with Crippen molar-refractivity contribution in [2.24, 2.45) is 0 Å². The maximum atomic E-state index is 6.04. The Labute approximate surface area is 117 Å². The summed E-state index contributed by atoms with van der Waals surface area (Å²) in [5.74, 6) is 0.613. The molecule has 18 heavy (non-hydrogen) atoms. The highest BCUT2D eigenvalue weighted by molar-refractivity contribution is 6.34. The molecule has 2 aromatic carbocycles. The van der Waals surface area contributed by atoms with E-state index in [1.54, 1.807) is 18.2 Å². The van der Waals surface area contributed by atoms with Crippen molar-refractivity contribution in [3.8, 4) is 5.75 Å². The fraction of sp³-hybridized carbons (Fsp3) is 0.200. The summed E-state index contributed by atoms with van der Waals surface area (Å²) in [4.78, 5) is 0. The smallest absolute Gasteiger partial charge is 0.139 e. The van der Waals surface area contributed by atoms with Crippen LogP contribution in [0.15, 0.2) is 36.4 Å². The van der Waals surface area contributed by atoms with Crippen LogP contribution in [-0.2, 0) is 6.61 Å². The highest BCUT2D eigenvalue weighted by Crippen LogP contribution is 2.28. The summed E-state index contributed by atoms with van der Waals surface area (Å²) < 4.78 is 5.68. The molecular formula is C15H14Cl2O. The van der Waals surface area contributed by atoms with Crippen molar-refractivity contribution < 1.29 is 4.74 Å². The lowest BCUT2D eigenvalue weighted by Gasteiger charge is -2.09. The molecule has 0 aliphatic heterocycles. The van der Waals surface area contributed by atoms with Crippen LogP contribution in [0.2, 0.25) is 10.0 Å². The van der Waals surface area contributed by atoms with Gasteiger partial charge in [0.05, 0.1) is 5.02 Å². The van der Waals surface area contributed by atoms with Gasteiger partial charge in [0.15, 0.2) is 0 Å². The fourth-order valence-corrected chi connectivity index (χ4v) is 1.98. The van der Waals surface area contributed by atoms with Crippen molar-refractivity contribution in [2.45, 2.75) is 20.5 Å². The summed E-state index contributed by atoms with van der Waals surface area (Å²) in [7, 11) is 0. The average molecular weight is 281 g/mol. The molecule has 3 heteroatoms. The molecule has 0 unspecified atom stereocenters. The average Bonchev–Trinajstić information content (AvgIpc) is 2.34. The Hall–Kier alpha value is -1.18. The van der Waals surface area contributed by atoms with E-state index in [9.17, 15) is 0 Å². The van der Waals surface area contributed by atoms with Gasteiger partial charge < -0.3 is 4.74 Å². The Morgan fingerprint density at radius 3 is 2.44 bits per heavy atom. The Balaban J connectivity index is 2.11. The number of rotatable bonds is 3. The quantitative estimate of drug-likeness (QED) is 0.752. The van der Waals surface area contributed by atoms with Crippen LogP contribution < -0.4 is 4.74 Å². The van der Waals surface area contributed by atoms with Crippen molar-refractivity contribution in [1.82, 2.24) is 0 Å². The van der Waals surface area contributed by atoms with Crippen LogP contribution >= 0.6 is 23.2 Å². The molecule has 0 aromatic heterocycles. The first kappa shape index (κ1) is 13.3.